The van der Waals surface area contributed by atoms with Crippen molar-refractivity contribution in [2.75, 3.05) is 13.1 Å². The fraction of sp³-hybridized carbons (Fsp3) is 0.367. The molecule has 2 aromatic rings. The van der Waals surface area contributed by atoms with Crippen LogP contribution < -0.4 is 21.3 Å². The van der Waals surface area contributed by atoms with Gasteiger partial charge in [0, 0.05) is 31.5 Å². The number of Topliss-reactive ketones (excluding diaryl/α,β-unsaturated/α-hetero) is 1. The van der Waals surface area contributed by atoms with Crippen LogP contribution >= 0.6 is 0 Å². The fourth-order valence-corrected chi connectivity index (χ4v) is 4.35. The van der Waals surface area contributed by atoms with Crippen molar-refractivity contribution < 1.29 is 24.0 Å². The molecule has 1 aliphatic rings. The third-order valence-corrected chi connectivity index (χ3v) is 6.45. The molecule has 3 rings (SSSR count). The largest absolute Gasteiger partial charge is 0.356 e. The number of rotatable bonds is 13. The highest BCUT2D eigenvalue weighted by Gasteiger charge is 2.34. The molecule has 2 aromatic carbocycles. The Morgan fingerprint density at radius 3 is 2.33 bits per heavy atom. The van der Waals surface area contributed by atoms with Crippen LogP contribution in [-0.4, -0.2) is 54.6 Å². The molecule has 1 fully saturated rings. The molecule has 0 aliphatic carbocycles. The molecule has 1 saturated heterocycles. The van der Waals surface area contributed by atoms with Crippen LogP contribution in [-0.2, 0) is 30.4 Å². The molecule has 9 heteroatoms. The van der Waals surface area contributed by atoms with Crippen molar-refractivity contribution in [2.45, 2.75) is 51.1 Å². The molecule has 4 N–H and O–H groups in total. The molecule has 0 bridgehead atoms. The first-order chi connectivity index (χ1) is 18.9. The number of nitrogens with one attached hydrogen (secondary N) is 4. The standard InChI is InChI=1S/C30H36N4O5/c1-2-17-31-30(39)27(36)24(20-23-14-9-18-32-28(23)37)34-29(38)25(19-22-12-7-4-8-13-22)33-26(35)16-15-21-10-5-3-6-11-21/h3-8,10-13,15-16,23-25H,2,9,14,17-20H2,1H3,(H,31,39)(H,32,37)(H,33,35)(H,34,38)/b16-15+/t23-,24-,25-/m0/s1. The van der Waals surface area contributed by atoms with Crippen molar-refractivity contribution >= 4 is 35.5 Å². The van der Waals surface area contributed by atoms with Gasteiger partial charge >= 0.3 is 0 Å². The van der Waals surface area contributed by atoms with Crippen LogP contribution in [0.25, 0.3) is 6.08 Å². The zero-order valence-electron chi connectivity index (χ0n) is 22.2. The van der Waals surface area contributed by atoms with E-state index in [1.807, 2.05) is 67.6 Å². The predicted molar refractivity (Wildman–Crippen MR) is 148 cm³/mol. The number of hydrogen-bond donors (Lipinski definition) is 4. The van der Waals surface area contributed by atoms with Crippen LogP contribution in [0.5, 0.6) is 0 Å². The second kappa shape index (κ2) is 15.2. The van der Waals surface area contributed by atoms with Crippen molar-refractivity contribution in [1.82, 2.24) is 21.3 Å². The van der Waals surface area contributed by atoms with E-state index >= 15 is 0 Å². The highest BCUT2D eigenvalue weighted by atomic mass is 16.2. The number of amides is 4. The number of hydrogen-bond acceptors (Lipinski definition) is 5. The van der Waals surface area contributed by atoms with Crippen LogP contribution in [0.15, 0.2) is 66.7 Å². The van der Waals surface area contributed by atoms with E-state index in [1.165, 1.54) is 6.08 Å². The molecule has 0 radical (unpaired) electrons. The zero-order valence-corrected chi connectivity index (χ0v) is 22.2. The fourth-order valence-electron chi connectivity index (χ4n) is 4.35. The van der Waals surface area contributed by atoms with E-state index in [2.05, 4.69) is 21.3 Å². The molecular weight excluding hydrogens is 496 g/mol. The minimum Gasteiger partial charge on any atom is -0.356 e. The Balaban J connectivity index is 1.79. The normalized spacial score (nSPS) is 16.5. The lowest BCUT2D eigenvalue weighted by Gasteiger charge is -2.27. The summed E-state index contributed by atoms with van der Waals surface area (Å²) in [5, 5.41) is 10.7. The van der Waals surface area contributed by atoms with Crippen molar-refractivity contribution in [2.24, 2.45) is 5.92 Å². The van der Waals surface area contributed by atoms with E-state index < -0.39 is 41.5 Å². The molecule has 0 saturated carbocycles. The average molecular weight is 533 g/mol. The topological polar surface area (TPSA) is 133 Å². The summed E-state index contributed by atoms with van der Waals surface area (Å²) < 4.78 is 0. The Hall–Kier alpha value is -4.27. The first kappa shape index (κ1) is 29.3. The third kappa shape index (κ3) is 9.52. The summed E-state index contributed by atoms with van der Waals surface area (Å²) in [6.07, 6.45) is 5.08. The molecule has 1 aliphatic heterocycles. The Kier molecular flexibility index (Phi) is 11.4. The molecule has 9 nitrogen and oxygen atoms in total. The summed E-state index contributed by atoms with van der Waals surface area (Å²) in [6.45, 7) is 2.73. The average Bonchev–Trinajstić information content (AvgIpc) is 2.95. The van der Waals surface area contributed by atoms with Gasteiger partial charge in [-0.05, 0) is 42.9 Å². The lowest BCUT2D eigenvalue weighted by molar-refractivity contribution is -0.141. The van der Waals surface area contributed by atoms with Crippen LogP contribution in [0.2, 0.25) is 0 Å². The highest BCUT2D eigenvalue weighted by Crippen LogP contribution is 2.18. The lowest BCUT2D eigenvalue weighted by Crippen LogP contribution is -2.55. The van der Waals surface area contributed by atoms with Gasteiger partial charge in [-0.15, -0.1) is 0 Å². The molecule has 4 amide bonds. The van der Waals surface area contributed by atoms with Crippen molar-refractivity contribution in [3.8, 4) is 0 Å². The third-order valence-electron chi connectivity index (χ3n) is 6.45. The minimum atomic E-state index is -1.21. The first-order valence-corrected chi connectivity index (χ1v) is 13.3. The van der Waals surface area contributed by atoms with Gasteiger partial charge in [0.1, 0.15) is 6.04 Å². The van der Waals surface area contributed by atoms with Crippen molar-refractivity contribution in [1.29, 1.82) is 0 Å². The molecule has 0 aromatic heterocycles. The number of carbonyl (C=O) groups is 5. The van der Waals surface area contributed by atoms with Gasteiger partial charge in [-0.3, -0.25) is 24.0 Å². The summed E-state index contributed by atoms with van der Waals surface area (Å²) in [4.78, 5) is 64.2. The van der Waals surface area contributed by atoms with E-state index in [0.29, 0.717) is 25.9 Å². The zero-order chi connectivity index (χ0) is 28.0. The summed E-state index contributed by atoms with van der Waals surface area (Å²) >= 11 is 0. The van der Waals surface area contributed by atoms with Gasteiger partial charge in [-0.25, -0.2) is 0 Å². The van der Waals surface area contributed by atoms with Crippen LogP contribution in [0.3, 0.4) is 0 Å². The summed E-state index contributed by atoms with van der Waals surface area (Å²) in [6, 6.07) is 16.2. The van der Waals surface area contributed by atoms with E-state index in [-0.39, 0.29) is 18.7 Å². The maximum Gasteiger partial charge on any atom is 0.289 e. The quantitative estimate of drug-likeness (QED) is 0.231. The minimum absolute atomic E-state index is 0.00410. The smallest absolute Gasteiger partial charge is 0.289 e. The van der Waals surface area contributed by atoms with Gasteiger partial charge in [0.25, 0.3) is 5.91 Å². The van der Waals surface area contributed by atoms with Crippen LogP contribution in [0.4, 0.5) is 0 Å². The summed E-state index contributed by atoms with van der Waals surface area (Å²) in [5.74, 6) is -3.44. The summed E-state index contributed by atoms with van der Waals surface area (Å²) in [7, 11) is 0. The summed E-state index contributed by atoms with van der Waals surface area (Å²) in [5.41, 5.74) is 1.63. The molecule has 39 heavy (non-hydrogen) atoms. The molecule has 3 atom stereocenters. The second-order valence-corrected chi connectivity index (χ2v) is 9.54. The second-order valence-electron chi connectivity index (χ2n) is 9.54. The molecule has 0 unspecified atom stereocenters. The Bertz CT molecular complexity index is 1170. The number of ketones is 1. The van der Waals surface area contributed by atoms with Crippen molar-refractivity contribution in [3.05, 3.63) is 77.9 Å². The van der Waals surface area contributed by atoms with E-state index in [9.17, 15) is 24.0 Å². The van der Waals surface area contributed by atoms with Gasteiger partial charge in [0.2, 0.25) is 23.5 Å². The maximum atomic E-state index is 13.5. The Morgan fingerprint density at radius 1 is 0.974 bits per heavy atom. The van der Waals surface area contributed by atoms with Gasteiger partial charge in [-0.2, -0.15) is 0 Å². The molecule has 206 valence electrons. The van der Waals surface area contributed by atoms with E-state index in [1.54, 1.807) is 6.08 Å². The predicted octanol–water partition coefficient (Wildman–Crippen LogP) is 1.92. The van der Waals surface area contributed by atoms with Gasteiger partial charge in [0.05, 0.1) is 6.04 Å². The van der Waals surface area contributed by atoms with Gasteiger partial charge in [-0.1, -0.05) is 67.6 Å². The highest BCUT2D eigenvalue weighted by molar-refractivity contribution is 6.38. The SMILES string of the molecule is CCCNC(=O)C(=O)[C@H](C[C@@H]1CCCNC1=O)NC(=O)[C@H](Cc1ccccc1)NC(=O)/C=C/c1ccccc1. The number of carbonyl (C=O) groups excluding carboxylic acids is 5. The molecular formula is C30H36N4O5. The van der Waals surface area contributed by atoms with Crippen molar-refractivity contribution in [3.63, 3.8) is 0 Å². The van der Waals surface area contributed by atoms with Crippen LogP contribution in [0.1, 0.15) is 43.7 Å². The van der Waals surface area contributed by atoms with E-state index in [0.717, 1.165) is 17.5 Å². The van der Waals surface area contributed by atoms with E-state index in [4.69, 9.17) is 0 Å². The number of piperidine rings is 1. The Morgan fingerprint density at radius 2 is 1.67 bits per heavy atom. The maximum absolute atomic E-state index is 13.5. The van der Waals surface area contributed by atoms with Crippen LogP contribution in [0, 0.1) is 5.92 Å². The Labute approximate surface area is 228 Å². The monoisotopic (exact) mass is 532 g/mol. The van der Waals surface area contributed by atoms with Gasteiger partial charge in [0.15, 0.2) is 0 Å². The molecule has 1 heterocycles. The first-order valence-electron chi connectivity index (χ1n) is 13.3. The lowest BCUT2D eigenvalue weighted by atomic mass is 9.89. The molecule has 0 spiro atoms. The van der Waals surface area contributed by atoms with Gasteiger partial charge < -0.3 is 21.3 Å². The number of benzene rings is 2.